The number of amides is 2. The third-order valence-electron chi connectivity index (χ3n) is 2.80. The second-order valence-corrected chi connectivity index (χ2v) is 4.23. The number of hydrogen-bond acceptors (Lipinski definition) is 4. The van der Waals surface area contributed by atoms with E-state index in [1.54, 1.807) is 6.92 Å². The molecule has 3 N–H and O–H groups in total. The van der Waals surface area contributed by atoms with E-state index in [1.165, 1.54) is 0 Å². The average Bonchev–Trinajstić information content (AvgIpc) is 2.65. The van der Waals surface area contributed by atoms with Gasteiger partial charge in [0.2, 0.25) is 0 Å². The summed E-state index contributed by atoms with van der Waals surface area (Å²) in [7, 11) is 0. The molecule has 1 fully saturated rings. The number of primary amides is 1. The lowest BCUT2D eigenvalue weighted by Crippen LogP contribution is -2.28. The summed E-state index contributed by atoms with van der Waals surface area (Å²) >= 11 is 0. The standard InChI is InChI=1S/C11H19N3O3/c1-3-4-5-8-6-9(17-10(8)15)7(2)13-14-11(12)16/h8-9H,3-6H2,1-2H3,(H3,12,14,16)/b13-7-/t8-,9+/m0/s1. The van der Waals surface area contributed by atoms with E-state index in [0.29, 0.717) is 12.1 Å². The van der Waals surface area contributed by atoms with Crippen molar-refractivity contribution >= 4 is 17.7 Å². The van der Waals surface area contributed by atoms with E-state index in [4.69, 9.17) is 10.5 Å². The van der Waals surface area contributed by atoms with Gasteiger partial charge in [0.05, 0.1) is 11.6 Å². The number of cyclic esters (lactones) is 1. The number of unbranched alkanes of at least 4 members (excludes halogenated alkanes) is 1. The summed E-state index contributed by atoms with van der Waals surface area (Å²) in [5.74, 6) is -0.212. The van der Waals surface area contributed by atoms with Crippen LogP contribution in [0.2, 0.25) is 0 Å². The Labute approximate surface area is 101 Å². The van der Waals surface area contributed by atoms with Crippen molar-refractivity contribution in [3.05, 3.63) is 0 Å². The van der Waals surface area contributed by atoms with Crippen molar-refractivity contribution < 1.29 is 14.3 Å². The summed E-state index contributed by atoms with van der Waals surface area (Å²) in [6, 6.07) is -0.726. The molecule has 0 unspecified atom stereocenters. The van der Waals surface area contributed by atoms with Crippen LogP contribution >= 0.6 is 0 Å². The number of urea groups is 1. The minimum absolute atomic E-state index is 0.0429. The predicted molar refractivity (Wildman–Crippen MR) is 63.3 cm³/mol. The molecule has 0 aliphatic carbocycles. The molecule has 0 radical (unpaired) electrons. The molecule has 0 aromatic heterocycles. The van der Waals surface area contributed by atoms with Gasteiger partial charge in [0.25, 0.3) is 0 Å². The topological polar surface area (TPSA) is 93.8 Å². The fraction of sp³-hybridized carbons (Fsp3) is 0.727. The first-order valence-corrected chi connectivity index (χ1v) is 5.84. The third-order valence-corrected chi connectivity index (χ3v) is 2.80. The van der Waals surface area contributed by atoms with Gasteiger partial charge in [-0.25, -0.2) is 10.2 Å². The molecule has 17 heavy (non-hydrogen) atoms. The maximum Gasteiger partial charge on any atom is 0.332 e. The minimum atomic E-state index is -0.726. The molecule has 2 atom stereocenters. The Bertz CT molecular complexity index is 328. The van der Waals surface area contributed by atoms with Gasteiger partial charge < -0.3 is 10.5 Å². The first kappa shape index (κ1) is 13.5. The number of ether oxygens (including phenoxy) is 1. The number of carbonyl (C=O) groups excluding carboxylic acids is 2. The maximum atomic E-state index is 11.5. The molecule has 96 valence electrons. The lowest BCUT2D eigenvalue weighted by atomic mass is 9.97. The average molecular weight is 241 g/mol. The summed E-state index contributed by atoms with van der Waals surface area (Å²) in [5.41, 5.74) is 7.59. The van der Waals surface area contributed by atoms with Crippen molar-refractivity contribution in [1.82, 2.24) is 5.43 Å². The van der Waals surface area contributed by atoms with Crippen molar-refractivity contribution in [2.45, 2.75) is 45.6 Å². The van der Waals surface area contributed by atoms with Crippen LogP contribution in [0.25, 0.3) is 0 Å². The quantitative estimate of drug-likeness (QED) is 0.429. The van der Waals surface area contributed by atoms with Crippen LogP contribution < -0.4 is 11.2 Å². The number of hydrazone groups is 1. The van der Waals surface area contributed by atoms with Gasteiger partial charge in [-0.1, -0.05) is 19.8 Å². The lowest BCUT2D eigenvalue weighted by Gasteiger charge is -2.07. The molecule has 1 heterocycles. The van der Waals surface area contributed by atoms with E-state index < -0.39 is 6.03 Å². The van der Waals surface area contributed by atoms with Crippen LogP contribution in [0.4, 0.5) is 4.79 Å². The number of nitrogens with two attached hydrogens (primary N) is 1. The zero-order valence-corrected chi connectivity index (χ0v) is 10.2. The molecule has 1 aliphatic heterocycles. The molecule has 1 rings (SSSR count). The van der Waals surface area contributed by atoms with E-state index in [-0.39, 0.29) is 18.0 Å². The molecular weight excluding hydrogens is 222 g/mol. The van der Waals surface area contributed by atoms with Gasteiger partial charge >= 0.3 is 12.0 Å². The van der Waals surface area contributed by atoms with Gasteiger partial charge in [-0.2, -0.15) is 5.10 Å². The number of esters is 1. The van der Waals surface area contributed by atoms with E-state index in [2.05, 4.69) is 17.5 Å². The highest BCUT2D eigenvalue weighted by Gasteiger charge is 2.35. The molecule has 1 saturated heterocycles. The van der Waals surface area contributed by atoms with Crippen molar-refractivity contribution in [2.75, 3.05) is 0 Å². The van der Waals surface area contributed by atoms with Crippen molar-refractivity contribution in [2.24, 2.45) is 16.8 Å². The van der Waals surface area contributed by atoms with Crippen LogP contribution in [0.1, 0.15) is 39.5 Å². The first-order chi connectivity index (χ1) is 8.04. The molecule has 0 saturated carbocycles. The molecular formula is C11H19N3O3. The molecule has 0 aromatic rings. The highest BCUT2D eigenvalue weighted by atomic mass is 16.6. The molecule has 2 amide bonds. The normalized spacial score (nSPS) is 24.6. The zero-order chi connectivity index (χ0) is 12.8. The molecule has 0 spiro atoms. The van der Waals surface area contributed by atoms with Crippen molar-refractivity contribution in [3.63, 3.8) is 0 Å². The van der Waals surface area contributed by atoms with Crippen LogP contribution in [0.5, 0.6) is 0 Å². The number of nitrogens with one attached hydrogen (secondary N) is 1. The predicted octanol–water partition coefficient (Wildman–Crippen LogP) is 1.15. The van der Waals surface area contributed by atoms with Crippen LogP contribution in [-0.2, 0) is 9.53 Å². The lowest BCUT2D eigenvalue weighted by molar-refractivity contribution is -0.142. The fourth-order valence-corrected chi connectivity index (χ4v) is 1.80. The summed E-state index contributed by atoms with van der Waals surface area (Å²) in [6.07, 6.45) is 3.22. The highest BCUT2D eigenvalue weighted by Crippen LogP contribution is 2.26. The van der Waals surface area contributed by atoms with E-state index in [0.717, 1.165) is 19.3 Å². The minimum Gasteiger partial charge on any atom is -0.456 e. The van der Waals surface area contributed by atoms with Gasteiger partial charge in [-0.3, -0.25) is 4.79 Å². The summed E-state index contributed by atoms with van der Waals surface area (Å²) in [4.78, 5) is 22.0. The Kier molecular flexibility index (Phi) is 4.93. The van der Waals surface area contributed by atoms with Crippen molar-refractivity contribution in [3.8, 4) is 0 Å². The number of nitrogens with zero attached hydrogens (tertiary/aromatic N) is 1. The summed E-state index contributed by atoms with van der Waals surface area (Å²) in [6.45, 7) is 3.79. The molecule has 1 aliphatic rings. The van der Waals surface area contributed by atoms with Crippen LogP contribution in [0, 0.1) is 5.92 Å². The maximum absolute atomic E-state index is 11.5. The van der Waals surface area contributed by atoms with E-state index in [1.807, 2.05) is 0 Å². The van der Waals surface area contributed by atoms with Gasteiger partial charge in [-0.15, -0.1) is 0 Å². The number of rotatable bonds is 5. The van der Waals surface area contributed by atoms with Crippen LogP contribution in [0.15, 0.2) is 5.10 Å². The molecule has 0 aromatic carbocycles. The Morgan fingerprint density at radius 2 is 2.35 bits per heavy atom. The largest absolute Gasteiger partial charge is 0.456 e. The SMILES string of the molecule is CCCC[C@H]1C[C@H](/C(C)=N\NC(N)=O)OC1=O. The smallest absolute Gasteiger partial charge is 0.332 e. The number of carbonyl (C=O) groups is 2. The van der Waals surface area contributed by atoms with Gasteiger partial charge in [0, 0.05) is 6.42 Å². The highest BCUT2D eigenvalue weighted by molar-refractivity contribution is 5.91. The number of hydrogen-bond donors (Lipinski definition) is 2. The third kappa shape index (κ3) is 4.05. The second-order valence-electron chi connectivity index (χ2n) is 4.23. The second kappa shape index (κ2) is 6.22. The zero-order valence-electron chi connectivity index (χ0n) is 10.2. The van der Waals surface area contributed by atoms with Gasteiger partial charge in [0.15, 0.2) is 0 Å². The molecule has 6 heteroatoms. The Morgan fingerprint density at radius 3 is 2.94 bits per heavy atom. The molecule has 6 nitrogen and oxygen atoms in total. The van der Waals surface area contributed by atoms with Gasteiger partial charge in [0.1, 0.15) is 6.10 Å². The first-order valence-electron chi connectivity index (χ1n) is 5.84. The van der Waals surface area contributed by atoms with E-state index >= 15 is 0 Å². The Balaban J connectivity index is 2.50. The van der Waals surface area contributed by atoms with Crippen molar-refractivity contribution in [1.29, 1.82) is 0 Å². The Hall–Kier alpha value is -1.59. The molecule has 0 bridgehead atoms. The van der Waals surface area contributed by atoms with E-state index in [9.17, 15) is 9.59 Å². The summed E-state index contributed by atoms with van der Waals surface area (Å²) < 4.78 is 5.20. The monoisotopic (exact) mass is 241 g/mol. The Morgan fingerprint density at radius 1 is 1.65 bits per heavy atom. The summed E-state index contributed by atoms with van der Waals surface area (Å²) in [5, 5.41) is 3.77. The fourth-order valence-electron chi connectivity index (χ4n) is 1.80. The van der Waals surface area contributed by atoms with Crippen LogP contribution in [0.3, 0.4) is 0 Å². The van der Waals surface area contributed by atoms with Gasteiger partial charge in [-0.05, 0) is 13.3 Å². The van der Waals surface area contributed by atoms with Crippen LogP contribution in [-0.4, -0.2) is 23.8 Å².